The van der Waals surface area contributed by atoms with E-state index in [-0.39, 0.29) is 17.9 Å². The highest BCUT2D eigenvalue weighted by atomic mass is 32.2. The van der Waals surface area contributed by atoms with Gasteiger partial charge in [-0.3, -0.25) is 14.6 Å². The van der Waals surface area contributed by atoms with Crippen LogP contribution in [-0.4, -0.2) is 45.4 Å². The number of amides is 2. The molecule has 3 rings (SSSR count). The summed E-state index contributed by atoms with van der Waals surface area (Å²) in [7, 11) is 0. The Kier molecular flexibility index (Phi) is 5.27. The highest BCUT2D eigenvalue weighted by Crippen LogP contribution is 2.26. The number of rotatable bonds is 4. The SMILES string of the molecule is CC(C)[C@H](C)NC(=O)[C@@H]1CSCN1C(=O)c1cccc2ncccc12. The molecule has 2 atom stereocenters. The lowest BCUT2D eigenvalue weighted by Crippen LogP contribution is -2.50. The predicted octanol–water partition coefficient (Wildman–Crippen LogP) is 2.91. The number of benzene rings is 1. The molecule has 0 saturated carbocycles. The van der Waals surface area contributed by atoms with Crippen LogP contribution in [0.15, 0.2) is 36.5 Å². The van der Waals surface area contributed by atoms with E-state index in [0.717, 1.165) is 10.9 Å². The Bertz CT molecular complexity index is 788. The average molecular weight is 357 g/mol. The number of hydrogen-bond acceptors (Lipinski definition) is 4. The zero-order valence-corrected chi connectivity index (χ0v) is 15.5. The van der Waals surface area contributed by atoms with Crippen molar-refractivity contribution < 1.29 is 9.59 Å². The fourth-order valence-electron chi connectivity index (χ4n) is 2.79. The Labute approximate surface area is 152 Å². The summed E-state index contributed by atoms with van der Waals surface area (Å²) < 4.78 is 0. The van der Waals surface area contributed by atoms with Crippen molar-refractivity contribution in [2.75, 3.05) is 11.6 Å². The van der Waals surface area contributed by atoms with E-state index in [4.69, 9.17) is 0 Å². The minimum Gasteiger partial charge on any atom is -0.352 e. The second kappa shape index (κ2) is 7.44. The molecule has 2 aromatic rings. The fourth-order valence-corrected chi connectivity index (χ4v) is 3.95. The zero-order valence-electron chi connectivity index (χ0n) is 14.7. The van der Waals surface area contributed by atoms with E-state index < -0.39 is 6.04 Å². The summed E-state index contributed by atoms with van der Waals surface area (Å²) in [5, 5.41) is 3.86. The summed E-state index contributed by atoms with van der Waals surface area (Å²) in [6.07, 6.45) is 1.71. The Morgan fingerprint density at radius 1 is 1.24 bits per heavy atom. The van der Waals surface area contributed by atoms with Crippen molar-refractivity contribution in [2.45, 2.75) is 32.9 Å². The van der Waals surface area contributed by atoms with Gasteiger partial charge in [0.2, 0.25) is 5.91 Å². The molecule has 25 heavy (non-hydrogen) atoms. The van der Waals surface area contributed by atoms with Crippen LogP contribution >= 0.6 is 11.8 Å². The Morgan fingerprint density at radius 3 is 2.80 bits per heavy atom. The lowest BCUT2D eigenvalue weighted by Gasteiger charge is -2.26. The molecule has 1 fully saturated rings. The topological polar surface area (TPSA) is 62.3 Å². The quantitative estimate of drug-likeness (QED) is 0.914. The van der Waals surface area contributed by atoms with Crippen LogP contribution in [0.3, 0.4) is 0 Å². The molecular formula is C19H23N3O2S. The van der Waals surface area contributed by atoms with Crippen molar-refractivity contribution in [1.29, 1.82) is 0 Å². The molecule has 6 heteroatoms. The van der Waals surface area contributed by atoms with Gasteiger partial charge in [0.25, 0.3) is 5.91 Å². The van der Waals surface area contributed by atoms with Gasteiger partial charge < -0.3 is 10.2 Å². The molecule has 0 bridgehead atoms. The van der Waals surface area contributed by atoms with E-state index in [1.54, 1.807) is 28.9 Å². The summed E-state index contributed by atoms with van der Waals surface area (Å²) in [4.78, 5) is 31.7. The summed E-state index contributed by atoms with van der Waals surface area (Å²) in [5.41, 5.74) is 1.39. The molecule has 5 nitrogen and oxygen atoms in total. The molecule has 2 amide bonds. The minimum atomic E-state index is -0.425. The lowest BCUT2D eigenvalue weighted by atomic mass is 10.1. The van der Waals surface area contributed by atoms with Gasteiger partial charge in [-0.25, -0.2) is 0 Å². The van der Waals surface area contributed by atoms with Crippen molar-refractivity contribution in [3.05, 3.63) is 42.1 Å². The molecule has 0 radical (unpaired) electrons. The summed E-state index contributed by atoms with van der Waals surface area (Å²) >= 11 is 1.61. The maximum atomic E-state index is 13.1. The first kappa shape index (κ1) is 17.7. The number of nitrogens with zero attached hydrogens (tertiary/aromatic N) is 2. The number of aromatic nitrogens is 1. The first-order valence-corrected chi connectivity index (χ1v) is 9.67. The smallest absolute Gasteiger partial charge is 0.255 e. The number of carbonyl (C=O) groups excluding carboxylic acids is 2. The number of thioether (sulfide) groups is 1. The van der Waals surface area contributed by atoms with Crippen LogP contribution < -0.4 is 5.32 Å². The van der Waals surface area contributed by atoms with E-state index in [1.807, 2.05) is 31.2 Å². The van der Waals surface area contributed by atoms with E-state index in [1.165, 1.54) is 0 Å². The van der Waals surface area contributed by atoms with Crippen LogP contribution in [0.4, 0.5) is 0 Å². The molecule has 1 aliphatic rings. The first-order valence-electron chi connectivity index (χ1n) is 8.52. The molecule has 132 valence electrons. The van der Waals surface area contributed by atoms with Crippen molar-refractivity contribution in [3.8, 4) is 0 Å². The number of carbonyl (C=O) groups is 2. The normalized spacial score (nSPS) is 18.6. The first-order chi connectivity index (χ1) is 12.0. The number of pyridine rings is 1. The third-order valence-electron chi connectivity index (χ3n) is 4.69. The predicted molar refractivity (Wildman–Crippen MR) is 101 cm³/mol. The zero-order chi connectivity index (χ0) is 18.0. The van der Waals surface area contributed by atoms with Crippen molar-refractivity contribution in [3.63, 3.8) is 0 Å². The molecule has 2 heterocycles. The van der Waals surface area contributed by atoms with Crippen LogP contribution in [0, 0.1) is 5.92 Å². The van der Waals surface area contributed by atoms with Gasteiger partial charge in [-0.2, -0.15) is 0 Å². The van der Waals surface area contributed by atoms with Crippen LogP contribution in [0.2, 0.25) is 0 Å². The van der Waals surface area contributed by atoms with Crippen molar-refractivity contribution >= 4 is 34.5 Å². The molecule has 1 saturated heterocycles. The fraction of sp³-hybridized carbons (Fsp3) is 0.421. The van der Waals surface area contributed by atoms with Crippen LogP contribution in [0.1, 0.15) is 31.1 Å². The lowest BCUT2D eigenvalue weighted by molar-refractivity contribution is -0.125. The minimum absolute atomic E-state index is 0.0714. The van der Waals surface area contributed by atoms with E-state index >= 15 is 0 Å². The van der Waals surface area contributed by atoms with Gasteiger partial charge >= 0.3 is 0 Å². The maximum absolute atomic E-state index is 13.1. The molecule has 0 aliphatic carbocycles. The number of hydrogen-bond donors (Lipinski definition) is 1. The second-order valence-electron chi connectivity index (χ2n) is 6.71. The monoisotopic (exact) mass is 357 g/mol. The average Bonchev–Trinajstić information content (AvgIpc) is 3.10. The molecule has 0 spiro atoms. The Hall–Kier alpha value is -2.08. The van der Waals surface area contributed by atoms with Crippen LogP contribution in [0.5, 0.6) is 0 Å². The highest BCUT2D eigenvalue weighted by Gasteiger charge is 2.36. The maximum Gasteiger partial charge on any atom is 0.255 e. The third kappa shape index (κ3) is 3.63. The van der Waals surface area contributed by atoms with Gasteiger partial charge in [0.15, 0.2) is 0 Å². The number of nitrogens with one attached hydrogen (secondary N) is 1. The van der Waals surface area contributed by atoms with E-state index in [9.17, 15) is 9.59 Å². The molecule has 0 unspecified atom stereocenters. The van der Waals surface area contributed by atoms with Gasteiger partial charge in [0.1, 0.15) is 6.04 Å². The molecule has 1 N–H and O–H groups in total. The molecule has 1 aliphatic heterocycles. The van der Waals surface area contributed by atoms with Gasteiger partial charge in [0, 0.05) is 28.9 Å². The van der Waals surface area contributed by atoms with Crippen molar-refractivity contribution in [1.82, 2.24) is 15.2 Å². The molecule has 1 aromatic carbocycles. The number of fused-ring (bicyclic) bond motifs is 1. The van der Waals surface area contributed by atoms with Crippen LogP contribution in [0.25, 0.3) is 10.9 Å². The van der Waals surface area contributed by atoms with Gasteiger partial charge in [0.05, 0.1) is 11.4 Å². The molecule has 1 aromatic heterocycles. The van der Waals surface area contributed by atoms with Crippen molar-refractivity contribution in [2.24, 2.45) is 5.92 Å². The van der Waals surface area contributed by atoms with Gasteiger partial charge in [-0.05, 0) is 31.0 Å². The second-order valence-corrected chi connectivity index (χ2v) is 7.71. The Morgan fingerprint density at radius 2 is 2.04 bits per heavy atom. The summed E-state index contributed by atoms with van der Waals surface area (Å²) in [5.74, 6) is 1.33. The summed E-state index contributed by atoms with van der Waals surface area (Å²) in [6.45, 7) is 6.13. The molecular weight excluding hydrogens is 334 g/mol. The largest absolute Gasteiger partial charge is 0.352 e. The van der Waals surface area contributed by atoms with Gasteiger partial charge in [-0.1, -0.05) is 26.0 Å². The van der Waals surface area contributed by atoms with Gasteiger partial charge in [-0.15, -0.1) is 11.8 Å². The Balaban J connectivity index is 1.84. The third-order valence-corrected chi connectivity index (χ3v) is 5.70. The summed E-state index contributed by atoms with van der Waals surface area (Å²) in [6, 6.07) is 8.91. The standard InChI is InChI=1S/C19H23N3O2S/c1-12(2)13(3)21-18(23)17-10-25-11-22(17)19(24)15-6-4-8-16-14(15)7-5-9-20-16/h4-9,12-13,17H,10-11H2,1-3H3,(H,21,23)/t13-,17-/m0/s1. The van der Waals surface area contributed by atoms with Crippen LogP contribution in [-0.2, 0) is 4.79 Å². The van der Waals surface area contributed by atoms with E-state index in [0.29, 0.717) is 23.1 Å². The highest BCUT2D eigenvalue weighted by molar-refractivity contribution is 7.99. The van der Waals surface area contributed by atoms with E-state index in [2.05, 4.69) is 24.1 Å².